The molecule has 1 rings (SSSR count). The minimum atomic E-state index is 1.01. The number of unbranched alkanes of at least 4 members (excludes halogenated alkanes) is 1. The Labute approximate surface area is 84.1 Å². The summed E-state index contributed by atoms with van der Waals surface area (Å²) in [6, 6.07) is 0. The van der Waals surface area contributed by atoms with E-state index in [1.165, 1.54) is 32.1 Å². The van der Waals surface area contributed by atoms with E-state index in [1.54, 1.807) is 12.8 Å². The largest absolute Gasteiger partial charge is 0.0654 e. The molecule has 0 aromatic heterocycles. The highest BCUT2D eigenvalue weighted by molar-refractivity contribution is 4.82. The fraction of sp³-hybridized carbons (Fsp3) is 1.00. The van der Waals surface area contributed by atoms with Gasteiger partial charge in [-0.2, -0.15) is 0 Å². The second-order valence-electron chi connectivity index (χ2n) is 5.01. The third-order valence-corrected chi connectivity index (χ3v) is 3.79. The van der Waals surface area contributed by atoms with Gasteiger partial charge in [0, 0.05) is 0 Å². The van der Waals surface area contributed by atoms with Crippen LogP contribution in [0.15, 0.2) is 0 Å². The van der Waals surface area contributed by atoms with Gasteiger partial charge >= 0.3 is 0 Å². The summed E-state index contributed by atoms with van der Waals surface area (Å²) in [5.74, 6) is 3.19. The summed E-state index contributed by atoms with van der Waals surface area (Å²) in [6.45, 7) is 7.07. The zero-order valence-electron chi connectivity index (χ0n) is 9.68. The van der Waals surface area contributed by atoms with Crippen molar-refractivity contribution in [3.05, 3.63) is 0 Å². The van der Waals surface area contributed by atoms with Crippen molar-refractivity contribution in [2.24, 2.45) is 17.8 Å². The molecular formula is C13H26. The second kappa shape index (κ2) is 5.67. The molecule has 0 radical (unpaired) electrons. The minimum Gasteiger partial charge on any atom is -0.0654 e. The molecule has 78 valence electrons. The van der Waals surface area contributed by atoms with Crippen LogP contribution in [0.25, 0.3) is 0 Å². The Bertz CT molecular complexity index is 122. The predicted octanol–water partition coefficient (Wildman–Crippen LogP) is 4.64. The van der Waals surface area contributed by atoms with Gasteiger partial charge in [-0.1, -0.05) is 52.9 Å². The van der Waals surface area contributed by atoms with Crippen LogP contribution in [-0.2, 0) is 0 Å². The van der Waals surface area contributed by atoms with Crippen molar-refractivity contribution in [3.63, 3.8) is 0 Å². The van der Waals surface area contributed by atoms with Crippen molar-refractivity contribution in [1.82, 2.24) is 0 Å². The molecule has 0 heteroatoms. The van der Waals surface area contributed by atoms with Gasteiger partial charge in [-0.3, -0.25) is 0 Å². The molecule has 1 unspecified atom stereocenters. The zero-order chi connectivity index (χ0) is 9.68. The van der Waals surface area contributed by atoms with Gasteiger partial charge in [0.25, 0.3) is 0 Å². The molecule has 0 nitrogen and oxygen atoms in total. The first-order chi connectivity index (χ1) is 6.27. The van der Waals surface area contributed by atoms with E-state index in [0.717, 1.165) is 17.8 Å². The first kappa shape index (κ1) is 11.1. The molecule has 1 saturated carbocycles. The summed E-state index contributed by atoms with van der Waals surface area (Å²) in [6.07, 6.45) is 10.2. The Morgan fingerprint density at radius 3 is 2.38 bits per heavy atom. The smallest absolute Gasteiger partial charge is 0.0383 e. The van der Waals surface area contributed by atoms with Gasteiger partial charge in [0.2, 0.25) is 0 Å². The standard InChI is InChI=1S/C13H26/c1-4-6-8-11(3)13-9-12(10-13)7-5-2/h11-13H,4-10H2,1-3H3. The van der Waals surface area contributed by atoms with E-state index in [2.05, 4.69) is 20.8 Å². The van der Waals surface area contributed by atoms with E-state index in [9.17, 15) is 0 Å². The molecule has 1 aliphatic rings. The summed E-state index contributed by atoms with van der Waals surface area (Å²) in [4.78, 5) is 0. The van der Waals surface area contributed by atoms with Gasteiger partial charge in [0.1, 0.15) is 0 Å². The Balaban J connectivity index is 2.04. The highest BCUT2D eigenvalue weighted by atomic mass is 14.4. The van der Waals surface area contributed by atoms with Crippen LogP contribution >= 0.6 is 0 Å². The number of hydrogen-bond donors (Lipinski definition) is 0. The lowest BCUT2D eigenvalue weighted by Gasteiger charge is -2.39. The summed E-state index contributed by atoms with van der Waals surface area (Å²) in [5.41, 5.74) is 0. The summed E-state index contributed by atoms with van der Waals surface area (Å²) in [7, 11) is 0. The molecule has 1 fully saturated rings. The molecule has 0 amide bonds. The molecule has 1 aliphatic carbocycles. The zero-order valence-corrected chi connectivity index (χ0v) is 9.68. The maximum atomic E-state index is 2.46. The first-order valence-electron chi connectivity index (χ1n) is 6.27. The number of hydrogen-bond acceptors (Lipinski definition) is 0. The van der Waals surface area contributed by atoms with Crippen molar-refractivity contribution >= 4 is 0 Å². The molecular weight excluding hydrogens is 156 g/mol. The fourth-order valence-electron chi connectivity index (χ4n) is 2.66. The Morgan fingerprint density at radius 1 is 1.15 bits per heavy atom. The van der Waals surface area contributed by atoms with Gasteiger partial charge in [0.15, 0.2) is 0 Å². The maximum Gasteiger partial charge on any atom is -0.0383 e. The molecule has 0 aromatic rings. The topological polar surface area (TPSA) is 0 Å². The van der Waals surface area contributed by atoms with Gasteiger partial charge in [-0.05, 0) is 30.6 Å². The Morgan fingerprint density at radius 2 is 1.85 bits per heavy atom. The van der Waals surface area contributed by atoms with Crippen LogP contribution in [-0.4, -0.2) is 0 Å². The lowest BCUT2D eigenvalue weighted by atomic mass is 9.66. The van der Waals surface area contributed by atoms with Gasteiger partial charge < -0.3 is 0 Å². The molecule has 13 heavy (non-hydrogen) atoms. The quantitative estimate of drug-likeness (QED) is 0.561. The van der Waals surface area contributed by atoms with Crippen LogP contribution in [0.4, 0.5) is 0 Å². The van der Waals surface area contributed by atoms with Crippen LogP contribution in [0.2, 0.25) is 0 Å². The second-order valence-corrected chi connectivity index (χ2v) is 5.01. The van der Waals surface area contributed by atoms with Crippen LogP contribution in [0.3, 0.4) is 0 Å². The average molecular weight is 182 g/mol. The molecule has 0 aromatic carbocycles. The lowest BCUT2D eigenvalue weighted by Crippen LogP contribution is -2.28. The monoisotopic (exact) mass is 182 g/mol. The third kappa shape index (κ3) is 3.32. The molecule has 1 atom stereocenters. The van der Waals surface area contributed by atoms with Crippen molar-refractivity contribution < 1.29 is 0 Å². The molecule has 0 bridgehead atoms. The SMILES string of the molecule is CCCCC(C)C1CC(CCC)C1. The lowest BCUT2D eigenvalue weighted by molar-refractivity contribution is 0.118. The molecule has 0 saturated heterocycles. The van der Waals surface area contributed by atoms with Gasteiger partial charge in [0.05, 0.1) is 0 Å². The van der Waals surface area contributed by atoms with Gasteiger partial charge in [-0.15, -0.1) is 0 Å². The number of rotatable bonds is 6. The van der Waals surface area contributed by atoms with Crippen molar-refractivity contribution in [2.75, 3.05) is 0 Å². The van der Waals surface area contributed by atoms with Crippen molar-refractivity contribution in [3.8, 4) is 0 Å². The Kier molecular flexibility index (Phi) is 4.83. The van der Waals surface area contributed by atoms with Crippen molar-refractivity contribution in [2.45, 2.75) is 65.7 Å². The minimum absolute atomic E-state index is 1.01. The van der Waals surface area contributed by atoms with Crippen LogP contribution in [0.1, 0.15) is 65.7 Å². The molecule has 0 spiro atoms. The third-order valence-electron chi connectivity index (χ3n) is 3.79. The highest BCUT2D eigenvalue weighted by Gasteiger charge is 2.31. The van der Waals surface area contributed by atoms with Gasteiger partial charge in [-0.25, -0.2) is 0 Å². The van der Waals surface area contributed by atoms with Crippen molar-refractivity contribution in [1.29, 1.82) is 0 Å². The molecule has 0 N–H and O–H groups in total. The average Bonchev–Trinajstić information content (AvgIpc) is 2.06. The summed E-state index contributed by atoms with van der Waals surface area (Å²) in [5, 5.41) is 0. The first-order valence-corrected chi connectivity index (χ1v) is 6.27. The Hall–Kier alpha value is 0. The van der Waals surface area contributed by atoms with E-state index in [0.29, 0.717) is 0 Å². The van der Waals surface area contributed by atoms with Crippen LogP contribution < -0.4 is 0 Å². The van der Waals surface area contributed by atoms with E-state index in [1.807, 2.05) is 0 Å². The highest BCUT2D eigenvalue weighted by Crippen LogP contribution is 2.42. The summed E-state index contributed by atoms with van der Waals surface area (Å²) >= 11 is 0. The van der Waals surface area contributed by atoms with E-state index in [-0.39, 0.29) is 0 Å². The maximum absolute atomic E-state index is 2.46. The molecule has 0 aliphatic heterocycles. The normalized spacial score (nSPS) is 29.8. The van der Waals surface area contributed by atoms with Crippen LogP contribution in [0, 0.1) is 17.8 Å². The molecule has 0 heterocycles. The summed E-state index contributed by atoms with van der Waals surface area (Å²) < 4.78 is 0. The van der Waals surface area contributed by atoms with E-state index in [4.69, 9.17) is 0 Å². The fourth-order valence-corrected chi connectivity index (χ4v) is 2.66. The predicted molar refractivity (Wildman–Crippen MR) is 59.8 cm³/mol. The van der Waals surface area contributed by atoms with Crippen LogP contribution in [0.5, 0.6) is 0 Å². The van der Waals surface area contributed by atoms with E-state index < -0.39 is 0 Å². The van der Waals surface area contributed by atoms with E-state index >= 15 is 0 Å².